The number of benzene rings is 3. The molecule has 2 bridgehead atoms. The van der Waals surface area contributed by atoms with Gasteiger partial charge in [-0.3, -0.25) is 14.4 Å². The van der Waals surface area contributed by atoms with E-state index in [1.807, 2.05) is 79.7 Å². The lowest BCUT2D eigenvalue weighted by molar-refractivity contribution is -0.150. The molecule has 0 aromatic heterocycles. The number of aliphatic carboxylic acids is 1. The van der Waals surface area contributed by atoms with Crippen molar-refractivity contribution in [1.29, 1.82) is 0 Å². The maximum absolute atomic E-state index is 14.8. The van der Waals surface area contributed by atoms with Gasteiger partial charge < -0.3 is 20.0 Å². The summed E-state index contributed by atoms with van der Waals surface area (Å²) in [4.78, 5) is 44.9. The van der Waals surface area contributed by atoms with Crippen LogP contribution in [-0.4, -0.2) is 61.6 Å². The molecule has 206 valence electrons. The lowest BCUT2D eigenvalue weighted by Gasteiger charge is -2.39. The maximum atomic E-state index is 14.8. The van der Waals surface area contributed by atoms with Gasteiger partial charge in [0, 0.05) is 17.0 Å². The van der Waals surface area contributed by atoms with Gasteiger partial charge in [-0.25, -0.2) is 0 Å². The highest BCUT2D eigenvalue weighted by molar-refractivity contribution is 8.02. The molecule has 3 heterocycles. The molecule has 3 aromatic rings. The second-order valence-corrected chi connectivity index (χ2v) is 13.1. The van der Waals surface area contributed by atoms with Crippen LogP contribution in [-0.2, 0) is 14.4 Å². The highest BCUT2D eigenvalue weighted by Gasteiger charge is 2.78. The first kappa shape index (κ1) is 26.6. The molecule has 40 heavy (non-hydrogen) atoms. The van der Waals surface area contributed by atoms with E-state index < -0.39 is 39.4 Å². The summed E-state index contributed by atoms with van der Waals surface area (Å²) in [7, 11) is 0. The number of nitrogens with zero attached hydrogens (tertiary/aromatic N) is 2. The summed E-state index contributed by atoms with van der Waals surface area (Å²) in [5.74, 6) is -3.45. The van der Waals surface area contributed by atoms with E-state index in [2.05, 4.69) is 6.58 Å². The number of thioether (sulfide) groups is 1. The lowest BCUT2D eigenvalue weighted by Crippen LogP contribution is -2.56. The summed E-state index contributed by atoms with van der Waals surface area (Å²) in [5, 5.41) is 23.0. The number of anilines is 1. The van der Waals surface area contributed by atoms with Crippen LogP contribution in [0.5, 0.6) is 0 Å². The number of rotatable bonds is 8. The summed E-state index contributed by atoms with van der Waals surface area (Å²) in [6.07, 6.45) is 2.81. The number of hydrogen-bond acceptors (Lipinski definition) is 5. The zero-order valence-electron chi connectivity index (χ0n) is 22.3. The fourth-order valence-electron chi connectivity index (χ4n) is 7.33. The smallest absolute Gasteiger partial charge is 0.308 e. The predicted octanol–water partition coefficient (Wildman–Crippen LogP) is 4.66. The molecule has 7 nitrogen and oxygen atoms in total. The molecule has 2 amide bonds. The SMILES string of the molecule is C=CCN(C(=O)C1N([C@H](CO)c2ccccc2)C(=O)[C@@H]2[C@H](C(=O)O)[C@]3(C)CCC12S3)c1ccc2ccccc2c1. The quantitative estimate of drug-likeness (QED) is 0.392. The van der Waals surface area contributed by atoms with Crippen molar-refractivity contribution < 1.29 is 24.6 Å². The molecule has 3 saturated heterocycles. The summed E-state index contributed by atoms with van der Waals surface area (Å²) >= 11 is 1.49. The number of carboxylic acids is 1. The monoisotopic (exact) mass is 556 g/mol. The third-order valence-electron chi connectivity index (χ3n) is 9.03. The Bertz CT molecular complexity index is 1510. The van der Waals surface area contributed by atoms with Crippen LogP contribution in [0, 0.1) is 11.8 Å². The third kappa shape index (κ3) is 3.80. The van der Waals surface area contributed by atoms with Crippen LogP contribution in [0.3, 0.4) is 0 Å². The van der Waals surface area contributed by atoms with E-state index >= 15 is 0 Å². The van der Waals surface area contributed by atoms with E-state index in [1.54, 1.807) is 11.0 Å². The fourth-order valence-corrected chi connectivity index (χ4v) is 9.66. The van der Waals surface area contributed by atoms with Crippen LogP contribution in [0.2, 0.25) is 0 Å². The summed E-state index contributed by atoms with van der Waals surface area (Å²) in [5.41, 5.74) is 1.38. The van der Waals surface area contributed by atoms with E-state index in [0.717, 1.165) is 10.8 Å². The second-order valence-electron chi connectivity index (χ2n) is 11.2. The first-order valence-corrected chi connectivity index (χ1v) is 14.4. The minimum absolute atomic E-state index is 0.218. The average molecular weight is 557 g/mol. The first-order chi connectivity index (χ1) is 19.3. The molecule has 2 N–H and O–H groups in total. The van der Waals surface area contributed by atoms with Crippen molar-refractivity contribution >= 4 is 46.0 Å². The van der Waals surface area contributed by atoms with Gasteiger partial charge in [-0.05, 0) is 48.2 Å². The van der Waals surface area contributed by atoms with Gasteiger partial charge in [0.15, 0.2) is 0 Å². The normalized spacial score (nSPS) is 29.4. The van der Waals surface area contributed by atoms with Crippen LogP contribution in [0.25, 0.3) is 10.8 Å². The molecule has 0 saturated carbocycles. The standard InChI is InChI=1S/C32H32N2O5S/c1-3-17-33(23-14-13-20-9-7-8-12-22(20)18-23)29(37)27-32-16-15-31(2,40-32)26(30(38)39)25(32)28(36)34(27)24(19-35)21-10-5-4-6-11-21/h3-14,18,24-27,35H,1,15-17,19H2,2H3,(H,38,39)/t24-,25+,26-,27?,31+,32?/m1/s1. The number of aliphatic hydroxyl groups is 1. The minimum atomic E-state index is -1.01. The molecule has 3 fully saturated rings. The number of carbonyl (C=O) groups excluding carboxylic acids is 2. The second kappa shape index (κ2) is 9.78. The molecule has 0 radical (unpaired) electrons. The van der Waals surface area contributed by atoms with Gasteiger partial charge in [0.05, 0.1) is 29.2 Å². The number of likely N-dealkylation sites (tertiary alicyclic amines) is 1. The van der Waals surface area contributed by atoms with Crippen LogP contribution in [0.4, 0.5) is 5.69 Å². The van der Waals surface area contributed by atoms with E-state index in [0.29, 0.717) is 24.1 Å². The molecule has 3 aliphatic rings. The molecule has 3 aliphatic heterocycles. The van der Waals surface area contributed by atoms with Crippen molar-refractivity contribution in [2.45, 2.75) is 41.3 Å². The van der Waals surface area contributed by atoms with Crippen LogP contribution in [0.1, 0.15) is 31.4 Å². The molecule has 0 aliphatic carbocycles. The largest absolute Gasteiger partial charge is 0.481 e. The van der Waals surface area contributed by atoms with Crippen molar-refractivity contribution in [3.8, 4) is 0 Å². The maximum Gasteiger partial charge on any atom is 0.308 e. The van der Waals surface area contributed by atoms with Crippen molar-refractivity contribution in [3.63, 3.8) is 0 Å². The van der Waals surface area contributed by atoms with Gasteiger partial charge in [-0.2, -0.15) is 0 Å². The Kier molecular flexibility index (Phi) is 6.50. The first-order valence-electron chi connectivity index (χ1n) is 13.6. The summed E-state index contributed by atoms with van der Waals surface area (Å²) in [6.45, 7) is 5.63. The molecule has 3 aromatic carbocycles. The Balaban J connectivity index is 1.51. The van der Waals surface area contributed by atoms with Crippen molar-refractivity contribution in [2.24, 2.45) is 11.8 Å². The number of carboxylic acid groups (broad SMARTS) is 1. The summed E-state index contributed by atoms with van der Waals surface area (Å²) in [6, 6.07) is 21.1. The zero-order chi connectivity index (χ0) is 28.2. The molecule has 6 rings (SSSR count). The van der Waals surface area contributed by atoms with E-state index in [4.69, 9.17) is 0 Å². The van der Waals surface area contributed by atoms with Gasteiger partial charge >= 0.3 is 5.97 Å². The van der Waals surface area contributed by atoms with Gasteiger partial charge in [0.25, 0.3) is 5.91 Å². The summed E-state index contributed by atoms with van der Waals surface area (Å²) < 4.78 is -1.56. The molecule has 1 spiro atoms. The van der Waals surface area contributed by atoms with E-state index in [9.17, 15) is 24.6 Å². The Labute approximate surface area is 237 Å². The molecular formula is C32H32N2O5S. The van der Waals surface area contributed by atoms with Crippen molar-refractivity contribution in [3.05, 3.63) is 91.0 Å². The Morgan fingerprint density at radius 2 is 1.80 bits per heavy atom. The minimum Gasteiger partial charge on any atom is -0.481 e. The average Bonchev–Trinajstić information content (AvgIpc) is 3.53. The molecule has 2 unspecified atom stereocenters. The van der Waals surface area contributed by atoms with Gasteiger partial charge in [-0.15, -0.1) is 18.3 Å². The zero-order valence-corrected chi connectivity index (χ0v) is 23.1. The molecule has 6 atom stereocenters. The van der Waals surface area contributed by atoms with Crippen LogP contribution < -0.4 is 4.90 Å². The highest BCUT2D eigenvalue weighted by atomic mass is 32.2. The highest BCUT2D eigenvalue weighted by Crippen LogP contribution is 2.72. The van der Waals surface area contributed by atoms with E-state index in [1.165, 1.54) is 16.7 Å². The Hall–Kier alpha value is -3.62. The number of hydrogen-bond donors (Lipinski definition) is 2. The fraction of sp³-hybridized carbons (Fsp3) is 0.344. The Morgan fingerprint density at radius 1 is 1.10 bits per heavy atom. The Morgan fingerprint density at radius 3 is 2.48 bits per heavy atom. The number of amides is 2. The number of fused-ring (bicyclic) bond motifs is 2. The van der Waals surface area contributed by atoms with Crippen LogP contribution in [0.15, 0.2) is 85.5 Å². The van der Waals surface area contributed by atoms with Crippen molar-refractivity contribution in [1.82, 2.24) is 4.90 Å². The molecular weight excluding hydrogens is 524 g/mol. The third-order valence-corrected chi connectivity index (χ3v) is 11.0. The van der Waals surface area contributed by atoms with Gasteiger partial charge in [0.1, 0.15) is 6.04 Å². The molecule has 8 heteroatoms. The topological polar surface area (TPSA) is 98.2 Å². The van der Waals surface area contributed by atoms with Crippen molar-refractivity contribution in [2.75, 3.05) is 18.1 Å². The number of aliphatic hydroxyl groups excluding tert-OH is 1. The number of carbonyl (C=O) groups is 3. The van der Waals surface area contributed by atoms with E-state index in [-0.39, 0.29) is 25.0 Å². The van der Waals surface area contributed by atoms with Gasteiger partial charge in [0.2, 0.25) is 5.91 Å². The predicted molar refractivity (Wildman–Crippen MR) is 156 cm³/mol. The van der Waals surface area contributed by atoms with Crippen LogP contribution >= 0.6 is 11.8 Å². The lowest BCUT2D eigenvalue weighted by atomic mass is 9.66. The van der Waals surface area contributed by atoms with Gasteiger partial charge in [-0.1, -0.05) is 66.7 Å².